The molecule has 0 aliphatic carbocycles. The number of carbonyl (C=O) groups excluding carboxylic acids is 1. The molecule has 3 aliphatic heterocycles. The summed E-state index contributed by atoms with van der Waals surface area (Å²) in [6.45, 7) is 9.30. The average molecular weight is 596 g/mol. The van der Waals surface area contributed by atoms with Crippen LogP contribution in [0.25, 0.3) is 22.0 Å². The van der Waals surface area contributed by atoms with E-state index in [1.165, 1.54) is 24.3 Å². The summed E-state index contributed by atoms with van der Waals surface area (Å²) < 4.78 is 23.2. The van der Waals surface area contributed by atoms with Crippen LogP contribution >= 0.6 is 23.2 Å². The molecule has 4 heterocycles. The Morgan fingerprint density at radius 2 is 2.02 bits per heavy atom. The third kappa shape index (κ3) is 4.55. The van der Waals surface area contributed by atoms with Crippen LogP contribution in [0.1, 0.15) is 24.9 Å². The Kier molecular flexibility index (Phi) is 7.18. The number of nitrogens with zero attached hydrogens (tertiary/aromatic N) is 5. The van der Waals surface area contributed by atoms with Crippen molar-refractivity contribution in [3.8, 4) is 22.9 Å². The van der Waals surface area contributed by atoms with Crippen molar-refractivity contribution < 1.29 is 13.9 Å². The number of nitriles is 1. The summed E-state index contributed by atoms with van der Waals surface area (Å²) in [5.41, 5.74) is 0.955. The van der Waals surface area contributed by atoms with E-state index in [9.17, 15) is 14.9 Å². The van der Waals surface area contributed by atoms with Gasteiger partial charge in [-0.3, -0.25) is 14.2 Å². The van der Waals surface area contributed by atoms with Gasteiger partial charge in [0.15, 0.2) is 5.75 Å². The molecule has 11 heteroatoms. The van der Waals surface area contributed by atoms with E-state index in [0.717, 1.165) is 19.5 Å². The van der Waals surface area contributed by atoms with Crippen LogP contribution < -0.4 is 15.2 Å². The molecule has 3 aromatic rings. The third-order valence-corrected chi connectivity index (χ3v) is 8.82. The Morgan fingerprint density at radius 3 is 2.68 bits per heavy atom. The fourth-order valence-electron chi connectivity index (χ4n) is 6.19. The predicted octanol–water partition coefficient (Wildman–Crippen LogP) is 4.85. The van der Waals surface area contributed by atoms with E-state index in [2.05, 4.69) is 17.5 Å². The number of carbonyl (C=O) groups is 1. The van der Waals surface area contributed by atoms with Crippen molar-refractivity contribution in [2.75, 3.05) is 50.8 Å². The molecule has 41 heavy (non-hydrogen) atoms. The zero-order valence-electron chi connectivity index (χ0n) is 22.5. The van der Waals surface area contributed by atoms with Crippen LogP contribution in [0.3, 0.4) is 0 Å². The Morgan fingerprint density at radius 1 is 1.24 bits per heavy atom. The zero-order chi connectivity index (χ0) is 29.0. The monoisotopic (exact) mass is 595 g/mol. The fourth-order valence-corrected chi connectivity index (χ4v) is 6.66. The van der Waals surface area contributed by atoms with E-state index in [0.29, 0.717) is 53.4 Å². The molecule has 1 aromatic heterocycles. The lowest BCUT2D eigenvalue weighted by Gasteiger charge is -2.42. The van der Waals surface area contributed by atoms with Gasteiger partial charge in [-0.1, -0.05) is 29.8 Å². The normalized spacial score (nSPS) is 20.4. The van der Waals surface area contributed by atoms with E-state index in [1.807, 2.05) is 11.8 Å². The first-order chi connectivity index (χ1) is 19.7. The molecule has 212 valence electrons. The van der Waals surface area contributed by atoms with Crippen molar-refractivity contribution in [3.05, 3.63) is 68.7 Å². The van der Waals surface area contributed by atoms with Gasteiger partial charge in [-0.2, -0.15) is 5.26 Å². The molecule has 0 spiro atoms. The minimum atomic E-state index is -0.530. The van der Waals surface area contributed by atoms with Crippen molar-refractivity contribution in [1.29, 1.82) is 5.26 Å². The topological polar surface area (TPSA) is 81.8 Å². The van der Waals surface area contributed by atoms with E-state index in [-0.39, 0.29) is 46.5 Å². The van der Waals surface area contributed by atoms with Gasteiger partial charge in [-0.25, -0.2) is 4.39 Å². The van der Waals surface area contributed by atoms with Gasteiger partial charge in [-0.05, 0) is 56.8 Å². The molecule has 2 saturated heterocycles. The maximum atomic E-state index is 15.2. The van der Waals surface area contributed by atoms with E-state index in [4.69, 9.17) is 27.9 Å². The maximum absolute atomic E-state index is 15.2. The lowest BCUT2D eigenvalue weighted by atomic mass is 9.96. The summed E-state index contributed by atoms with van der Waals surface area (Å²) in [5.74, 6) is -0.422. The van der Waals surface area contributed by atoms with Gasteiger partial charge in [0.05, 0.1) is 22.3 Å². The molecule has 2 fully saturated rings. The number of piperazine rings is 1. The van der Waals surface area contributed by atoms with E-state index < -0.39 is 11.4 Å². The first-order valence-corrected chi connectivity index (χ1v) is 14.3. The van der Waals surface area contributed by atoms with Crippen molar-refractivity contribution in [2.24, 2.45) is 0 Å². The molecule has 8 nitrogen and oxygen atoms in total. The number of rotatable bonds is 5. The fraction of sp³-hybridized carbons (Fsp3) is 0.367. The molecular weight excluding hydrogens is 568 g/mol. The maximum Gasteiger partial charge on any atom is 0.271 e. The number of likely N-dealkylation sites (tertiary alicyclic amines) is 1. The molecule has 2 atom stereocenters. The molecular formula is C30H28Cl2FN5O3. The number of halogens is 3. The van der Waals surface area contributed by atoms with Crippen LogP contribution in [-0.4, -0.2) is 72.2 Å². The van der Waals surface area contributed by atoms with Crippen molar-refractivity contribution in [1.82, 2.24) is 14.4 Å². The van der Waals surface area contributed by atoms with Gasteiger partial charge in [0.2, 0.25) is 5.91 Å². The van der Waals surface area contributed by atoms with Gasteiger partial charge >= 0.3 is 0 Å². The van der Waals surface area contributed by atoms with Gasteiger partial charge in [0.25, 0.3) is 5.56 Å². The molecule has 3 aliphatic rings. The lowest BCUT2D eigenvalue weighted by molar-refractivity contribution is -0.126. The van der Waals surface area contributed by atoms with Gasteiger partial charge in [0.1, 0.15) is 24.1 Å². The number of hydrogen-bond acceptors (Lipinski definition) is 6. The number of ether oxygens (including phenoxy) is 1. The van der Waals surface area contributed by atoms with Crippen molar-refractivity contribution >= 4 is 45.7 Å². The molecule has 0 radical (unpaired) electrons. The largest absolute Gasteiger partial charge is 0.488 e. The SMILES string of the molecule is C=CC(=O)N1CCN(c2c(C#N)c(=O)n3c4c(c(-c5cc(Cl)ccc5F)c(Cl)cc24)OCC3CN2CCC2)[C@@H](C)C1. The molecule has 1 amide bonds. The first-order valence-electron chi connectivity index (χ1n) is 13.6. The Balaban J connectivity index is 1.63. The third-order valence-electron chi connectivity index (χ3n) is 8.29. The van der Waals surface area contributed by atoms with Crippen LogP contribution in [0, 0.1) is 17.1 Å². The number of aromatic nitrogens is 1. The summed E-state index contributed by atoms with van der Waals surface area (Å²) in [4.78, 5) is 32.4. The van der Waals surface area contributed by atoms with Crippen LogP contribution in [0.5, 0.6) is 5.75 Å². The van der Waals surface area contributed by atoms with E-state index >= 15 is 4.39 Å². The smallest absolute Gasteiger partial charge is 0.271 e. The highest BCUT2D eigenvalue weighted by Gasteiger charge is 2.37. The molecule has 2 aromatic carbocycles. The number of amides is 1. The highest BCUT2D eigenvalue weighted by atomic mass is 35.5. The highest BCUT2D eigenvalue weighted by molar-refractivity contribution is 6.35. The quantitative estimate of drug-likeness (QED) is 0.392. The molecule has 1 unspecified atom stereocenters. The Labute approximate surface area is 246 Å². The average Bonchev–Trinajstić information content (AvgIpc) is 2.93. The second-order valence-electron chi connectivity index (χ2n) is 10.7. The van der Waals surface area contributed by atoms with Crippen LogP contribution in [-0.2, 0) is 4.79 Å². The van der Waals surface area contributed by atoms with Gasteiger partial charge in [0, 0.05) is 53.8 Å². The second-order valence-corrected chi connectivity index (χ2v) is 11.6. The summed E-state index contributed by atoms with van der Waals surface area (Å²) in [6, 6.07) is 7.50. The number of pyridine rings is 1. The summed E-state index contributed by atoms with van der Waals surface area (Å²) in [7, 11) is 0. The second kappa shape index (κ2) is 10.7. The van der Waals surface area contributed by atoms with Crippen molar-refractivity contribution in [2.45, 2.75) is 25.4 Å². The lowest BCUT2D eigenvalue weighted by Crippen LogP contribution is -2.54. The standard InChI is InChI=1S/C30H28Cl2FN5O3/c1-3-25(39)36-9-10-37(17(2)14-36)27-21-12-23(32)26(20-11-18(31)5-6-24(20)33)29-28(21)38(30(40)22(27)13-34)19(16-41-29)15-35-7-4-8-35/h3,5-6,11-12,17,19H,1,4,7-10,14-16H2,2H3/t17-,19?/m0/s1. The number of benzene rings is 2. The number of hydrogen-bond donors (Lipinski definition) is 0. The molecule has 0 N–H and O–H groups in total. The van der Waals surface area contributed by atoms with E-state index in [1.54, 1.807) is 15.5 Å². The minimum Gasteiger partial charge on any atom is -0.488 e. The van der Waals surface area contributed by atoms with Crippen LogP contribution in [0.2, 0.25) is 10.0 Å². The molecule has 0 saturated carbocycles. The zero-order valence-corrected chi connectivity index (χ0v) is 24.0. The molecule has 0 bridgehead atoms. The first kappa shape index (κ1) is 27.6. The van der Waals surface area contributed by atoms with Gasteiger partial charge in [-0.15, -0.1) is 0 Å². The van der Waals surface area contributed by atoms with Crippen LogP contribution in [0.4, 0.5) is 10.1 Å². The highest BCUT2D eigenvalue weighted by Crippen LogP contribution is 2.48. The minimum absolute atomic E-state index is 0.00654. The summed E-state index contributed by atoms with van der Waals surface area (Å²) in [6.07, 6.45) is 2.37. The van der Waals surface area contributed by atoms with Crippen molar-refractivity contribution in [3.63, 3.8) is 0 Å². The summed E-state index contributed by atoms with van der Waals surface area (Å²) in [5, 5.41) is 11.4. The molecule has 6 rings (SSSR count). The number of anilines is 1. The van der Waals surface area contributed by atoms with Gasteiger partial charge < -0.3 is 19.4 Å². The Bertz CT molecular complexity index is 1700. The van der Waals surface area contributed by atoms with Crippen LogP contribution in [0.15, 0.2) is 41.7 Å². The summed E-state index contributed by atoms with van der Waals surface area (Å²) >= 11 is 13.1. The Hall–Kier alpha value is -3.58. The predicted molar refractivity (Wildman–Crippen MR) is 158 cm³/mol.